The summed E-state index contributed by atoms with van der Waals surface area (Å²) in [5, 5.41) is 0. The maximum Gasteiger partial charge on any atom is 0.268 e. The highest BCUT2D eigenvalue weighted by Gasteiger charge is 2.15. The zero-order chi connectivity index (χ0) is 13.7. The molecule has 0 fully saturated rings. The summed E-state index contributed by atoms with van der Waals surface area (Å²) in [7, 11) is -3.54. The van der Waals surface area contributed by atoms with E-state index in [0.29, 0.717) is 12.4 Å². The van der Waals surface area contributed by atoms with E-state index in [0.717, 1.165) is 16.8 Å². The third kappa shape index (κ3) is 3.14. The van der Waals surface area contributed by atoms with Gasteiger partial charge >= 0.3 is 0 Å². The fraction of sp³-hybridized carbons (Fsp3) is 0.308. The number of nitrogens with zero attached hydrogens (tertiary/aromatic N) is 2. The molecule has 19 heavy (non-hydrogen) atoms. The number of ether oxygens (including phenoxy) is 1. The molecule has 0 saturated carbocycles. The maximum atomic E-state index is 12.1. The van der Waals surface area contributed by atoms with Crippen molar-refractivity contribution in [1.82, 2.24) is 8.96 Å². The summed E-state index contributed by atoms with van der Waals surface area (Å²) in [6.07, 6.45) is 6.14. The van der Waals surface area contributed by atoms with E-state index in [1.807, 2.05) is 0 Å². The summed E-state index contributed by atoms with van der Waals surface area (Å²) >= 11 is 0. The summed E-state index contributed by atoms with van der Waals surface area (Å²) < 4.78 is 30.9. The lowest BCUT2D eigenvalue weighted by Crippen LogP contribution is -2.10. The van der Waals surface area contributed by atoms with Crippen LogP contribution in [0.2, 0.25) is 0 Å². The Morgan fingerprint density at radius 2 is 2.00 bits per heavy atom. The number of unbranched alkanes of at least 4 members (excludes halogenated alkanes) is 1. The van der Waals surface area contributed by atoms with Gasteiger partial charge in [0.25, 0.3) is 10.0 Å². The minimum Gasteiger partial charge on any atom is -0.494 e. The van der Waals surface area contributed by atoms with Gasteiger partial charge in [-0.15, -0.1) is 0 Å². The zero-order valence-corrected chi connectivity index (χ0v) is 11.5. The molecule has 0 aliphatic heterocycles. The number of aromatic nitrogens is 2. The maximum absolute atomic E-state index is 12.1. The Bertz CT molecular complexity index is 604. The molecule has 6 heteroatoms. The van der Waals surface area contributed by atoms with E-state index in [4.69, 9.17) is 4.74 Å². The van der Waals surface area contributed by atoms with Gasteiger partial charge in [-0.3, -0.25) is 0 Å². The van der Waals surface area contributed by atoms with Crippen LogP contribution in [0.4, 0.5) is 0 Å². The van der Waals surface area contributed by atoms with Gasteiger partial charge in [-0.05, 0) is 30.7 Å². The van der Waals surface area contributed by atoms with E-state index in [1.165, 1.54) is 30.9 Å². The number of imidazole rings is 1. The van der Waals surface area contributed by atoms with Crippen molar-refractivity contribution < 1.29 is 13.2 Å². The Morgan fingerprint density at radius 3 is 2.58 bits per heavy atom. The van der Waals surface area contributed by atoms with Gasteiger partial charge in [0.05, 0.1) is 11.5 Å². The van der Waals surface area contributed by atoms with Crippen LogP contribution in [0.5, 0.6) is 5.75 Å². The van der Waals surface area contributed by atoms with E-state index < -0.39 is 10.0 Å². The average Bonchev–Trinajstić information content (AvgIpc) is 2.94. The standard InChI is InChI=1S/C13H16N2O3S/c1-2-3-10-18-12-4-6-13(7-5-12)19(16,17)15-9-8-14-11-15/h4-9,11H,2-3,10H2,1H3. The van der Waals surface area contributed by atoms with E-state index in [9.17, 15) is 8.42 Å². The summed E-state index contributed by atoms with van der Waals surface area (Å²) in [6.45, 7) is 2.73. The van der Waals surface area contributed by atoms with Gasteiger partial charge in [0, 0.05) is 12.4 Å². The highest BCUT2D eigenvalue weighted by molar-refractivity contribution is 7.90. The van der Waals surface area contributed by atoms with Crippen molar-refractivity contribution >= 4 is 10.0 Å². The summed E-state index contributed by atoms with van der Waals surface area (Å²) in [6, 6.07) is 6.41. The molecule has 0 amide bonds. The lowest BCUT2D eigenvalue weighted by atomic mass is 10.3. The van der Waals surface area contributed by atoms with Gasteiger partial charge in [-0.25, -0.2) is 17.4 Å². The monoisotopic (exact) mass is 280 g/mol. The molecule has 2 aromatic rings. The smallest absolute Gasteiger partial charge is 0.268 e. The van der Waals surface area contributed by atoms with Crippen LogP contribution in [0.15, 0.2) is 47.9 Å². The van der Waals surface area contributed by atoms with Crippen molar-refractivity contribution in [1.29, 1.82) is 0 Å². The Hall–Kier alpha value is -1.82. The largest absolute Gasteiger partial charge is 0.494 e. The van der Waals surface area contributed by atoms with E-state index in [2.05, 4.69) is 11.9 Å². The molecule has 0 aliphatic carbocycles. The van der Waals surface area contributed by atoms with E-state index in [1.54, 1.807) is 12.1 Å². The lowest BCUT2D eigenvalue weighted by Gasteiger charge is -2.07. The van der Waals surface area contributed by atoms with Crippen LogP contribution in [0.1, 0.15) is 19.8 Å². The molecular formula is C13H16N2O3S. The number of hydrogen-bond donors (Lipinski definition) is 0. The first kappa shape index (κ1) is 13.6. The molecule has 1 heterocycles. The van der Waals surface area contributed by atoms with Crippen molar-refractivity contribution in [2.24, 2.45) is 0 Å². The first-order valence-electron chi connectivity index (χ1n) is 6.11. The van der Waals surface area contributed by atoms with Crippen LogP contribution in [0, 0.1) is 0 Å². The third-order valence-electron chi connectivity index (χ3n) is 2.65. The second kappa shape index (κ2) is 5.88. The highest BCUT2D eigenvalue weighted by Crippen LogP contribution is 2.18. The third-order valence-corrected chi connectivity index (χ3v) is 4.28. The molecule has 0 spiro atoms. The zero-order valence-electron chi connectivity index (χ0n) is 10.7. The van der Waals surface area contributed by atoms with E-state index in [-0.39, 0.29) is 4.90 Å². The van der Waals surface area contributed by atoms with E-state index >= 15 is 0 Å². The average molecular weight is 280 g/mol. The summed E-state index contributed by atoms with van der Waals surface area (Å²) in [5.41, 5.74) is 0. The molecular weight excluding hydrogens is 264 g/mol. The fourth-order valence-electron chi connectivity index (χ4n) is 1.55. The Labute approximate surface area is 112 Å². The molecule has 0 saturated heterocycles. The second-order valence-electron chi connectivity index (χ2n) is 4.07. The molecule has 1 aromatic carbocycles. The van der Waals surface area contributed by atoms with Gasteiger partial charge < -0.3 is 4.74 Å². The SMILES string of the molecule is CCCCOc1ccc(S(=O)(=O)n2ccnc2)cc1. The number of benzene rings is 1. The first-order chi connectivity index (χ1) is 9.14. The molecule has 102 valence electrons. The molecule has 5 nitrogen and oxygen atoms in total. The van der Waals surface area contributed by atoms with Gasteiger partial charge in [0.15, 0.2) is 0 Å². The van der Waals surface area contributed by atoms with Gasteiger partial charge in [0.1, 0.15) is 12.1 Å². The predicted molar refractivity (Wildman–Crippen MR) is 71.7 cm³/mol. The van der Waals surface area contributed by atoms with Crippen LogP contribution in [0.3, 0.4) is 0 Å². The fourth-order valence-corrected chi connectivity index (χ4v) is 2.67. The summed E-state index contributed by atoms with van der Waals surface area (Å²) in [4.78, 5) is 3.96. The van der Waals surface area contributed by atoms with Crippen molar-refractivity contribution in [3.63, 3.8) is 0 Å². The van der Waals surface area contributed by atoms with Crippen LogP contribution in [0.25, 0.3) is 0 Å². The molecule has 0 aliphatic rings. The first-order valence-corrected chi connectivity index (χ1v) is 7.55. The Kier molecular flexibility index (Phi) is 4.21. The number of rotatable bonds is 6. The predicted octanol–water partition coefficient (Wildman–Crippen LogP) is 2.30. The molecule has 0 radical (unpaired) electrons. The quantitative estimate of drug-likeness (QED) is 0.762. The molecule has 0 bridgehead atoms. The minimum absolute atomic E-state index is 0.216. The van der Waals surface area contributed by atoms with Gasteiger partial charge in [-0.1, -0.05) is 13.3 Å². The molecule has 2 rings (SSSR count). The van der Waals surface area contributed by atoms with Crippen molar-refractivity contribution in [2.45, 2.75) is 24.7 Å². The van der Waals surface area contributed by atoms with Crippen LogP contribution < -0.4 is 4.74 Å². The Balaban J connectivity index is 2.14. The summed E-state index contributed by atoms with van der Waals surface area (Å²) in [5.74, 6) is 0.679. The van der Waals surface area contributed by atoms with Crippen LogP contribution in [-0.4, -0.2) is 24.0 Å². The van der Waals surface area contributed by atoms with Crippen molar-refractivity contribution in [3.05, 3.63) is 43.0 Å². The highest BCUT2D eigenvalue weighted by atomic mass is 32.2. The van der Waals surface area contributed by atoms with Crippen molar-refractivity contribution in [2.75, 3.05) is 6.61 Å². The molecule has 0 unspecified atom stereocenters. The van der Waals surface area contributed by atoms with Crippen LogP contribution in [-0.2, 0) is 10.0 Å². The second-order valence-corrected chi connectivity index (χ2v) is 5.91. The van der Waals surface area contributed by atoms with Crippen LogP contribution >= 0.6 is 0 Å². The molecule has 0 N–H and O–H groups in total. The minimum atomic E-state index is -3.54. The van der Waals surface area contributed by atoms with Gasteiger partial charge in [0.2, 0.25) is 0 Å². The lowest BCUT2D eigenvalue weighted by molar-refractivity contribution is 0.309. The number of hydrogen-bond acceptors (Lipinski definition) is 4. The normalized spacial score (nSPS) is 11.4. The van der Waals surface area contributed by atoms with Crippen molar-refractivity contribution in [3.8, 4) is 5.75 Å². The Morgan fingerprint density at radius 1 is 1.26 bits per heavy atom. The van der Waals surface area contributed by atoms with Gasteiger partial charge in [-0.2, -0.15) is 0 Å². The topological polar surface area (TPSA) is 61.2 Å². The molecule has 0 atom stereocenters. The molecule has 1 aromatic heterocycles.